The van der Waals surface area contributed by atoms with Crippen molar-refractivity contribution >= 4 is 11.8 Å². The van der Waals surface area contributed by atoms with Gasteiger partial charge in [-0.15, -0.1) is 11.8 Å². The zero-order chi connectivity index (χ0) is 13.5. The molecule has 0 amide bonds. The van der Waals surface area contributed by atoms with Gasteiger partial charge in [0, 0.05) is 23.2 Å². The van der Waals surface area contributed by atoms with Crippen molar-refractivity contribution in [3.8, 4) is 11.5 Å². The fourth-order valence-electron chi connectivity index (χ4n) is 2.12. The summed E-state index contributed by atoms with van der Waals surface area (Å²) in [6.07, 6.45) is 2.40. The van der Waals surface area contributed by atoms with Gasteiger partial charge in [-0.1, -0.05) is 13.8 Å². The van der Waals surface area contributed by atoms with Crippen molar-refractivity contribution in [2.75, 3.05) is 25.5 Å². The monoisotopic (exact) mass is 281 g/mol. The highest BCUT2D eigenvalue weighted by Crippen LogP contribution is 2.33. The number of hydrogen-bond acceptors (Lipinski definition) is 4. The first kappa shape index (κ1) is 14.5. The molecule has 1 aromatic rings. The summed E-state index contributed by atoms with van der Waals surface area (Å²) in [6.45, 7) is 6.81. The number of hydrogen-bond donors (Lipinski definition) is 1. The number of fused-ring (bicyclic) bond motifs is 1. The van der Waals surface area contributed by atoms with Crippen LogP contribution in [0.2, 0.25) is 0 Å². The van der Waals surface area contributed by atoms with Crippen LogP contribution in [0.5, 0.6) is 11.5 Å². The maximum atomic E-state index is 5.59. The molecule has 0 saturated carbocycles. The molecule has 0 radical (unpaired) electrons. The minimum absolute atomic E-state index is 0.650. The van der Waals surface area contributed by atoms with Crippen molar-refractivity contribution < 1.29 is 9.47 Å². The first-order valence-corrected chi connectivity index (χ1v) is 8.07. The molecule has 0 atom stereocenters. The van der Waals surface area contributed by atoms with Gasteiger partial charge in [-0.3, -0.25) is 0 Å². The molecule has 1 heterocycles. The van der Waals surface area contributed by atoms with Gasteiger partial charge < -0.3 is 14.8 Å². The Kier molecular flexibility index (Phi) is 5.86. The van der Waals surface area contributed by atoms with Crippen LogP contribution in [0.3, 0.4) is 0 Å². The quantitative estimate of drug-likeness (QED) is 0.613. The van der Waals surface area contributed by atoms with Crippen LogP contribution in [0.25, 0.3) is 0 Å². The lowest BCUT2D eigenvalue weighted by Crippen LogP contribution is -2.29. The predicted molar refractivity (Wildman–Crippen MR) is 80.5 cm³/mol. The van der Waals surface area contributed by atoms with Crippen LogP contribution >= 0.6 is 11.8 Å². The van der Waals surface area contributed by atoms with Crippen LogP contribution in [0, 0.1) is 0 Å². The van der Waals surface area contributed by atoms with Crippen LogP contribution in [0.15, 0.2) is 23.1 Å². The van der Waals surface area contributed by atoms with Crippen LogP contribution in [0.4, 0.5) is 0 Å². The maximum Gasteiger partial charge on any atom is 0.162 e. The van der Waals surface area contributed by atoms with E-state index in [0.717, 1.165) is 23.8 Å². The summed E-state index contributed by atoms with van der Waals surface area (Å²) in [5, 5.41) is 3.57. The largest absolute Gasteiger partial charge is 0.486 e. The highest BCUT2D eigenvalue weighted by atomic mass is 32.2. The number of benzene rings is 1. The highest BCUT2D eigenvalue weighted by molar-refractivity contribution is 7.99. The Hall–Kier alpha value is -0.870. The standard InChI is InChI=1S/C15H23NO2S/c1-3-12(4-2)16-7-10-19-13-5-6-14-15(11-13)18-9-8-17-14/h5-6,11-12,16H,3-4,7-10H2,1-2H3. The number of ether oxygens (including phenoxy) is 2. The summed E-state index contributed by atoms with van der Waals surface area (Å²) in [6, 6.07) is 6.84. The van der Waals surface area contributed by atoms with Crippen LogP contribution in [0.1, 0.15) is 26.7 Å². The van der Waals surface area contributed by atoms with E-state index in [4.69, 9.17) is 9.47 Å². The third-order valence-corrected chi connectivity index (χ3v) is 4.30. The van der Waals surface area contributed by atoms with E-state index in [1.165, 1.54) is 17.7 Å². The van der Waals surface area contributed by atoms with Crippen molar-refractivity contribution in [3.63, 3.8) is 0 Å². The first-order valence-electron chi connectivity index (χ1n) is 7.09. The van der Waals surface area contributed by atoms with Crippen molar-refractivity contribution in [3.05, 3.63) is 18.2 Å². The van der Waals surface area contributed by atoms with Gasteiger partial charge in [0.25, 0.3) is 0 Å². The smallest absolute Gasteiger partial charge is 0.162 e. The lowest BCUT2D eigenvalue weighted by Gasteiger charge is -2.19. The van der Waals surface area contributed by atoms with Gasteiger partial charge in [-0.25, -0.2) is 0 Å². The van der Waals surface area contributed by atoms with E-state index < -0.39 is 0 Å². The van der Waals surface area contributed by atoms with Gasteiger partial charge in [0.15, 0.2) is 11.5 Å². The molecule has 1 aliphatic heterocycles. The molecule has 2 rings (SSSR count). The van der Waals surface area contributed by atoms with E-state index in [0.29, 0.717) is 19.3 Å². The molecule has 0 unspecified atom stereocenters. The molecule has 1 N–H and O–H groups in total. The number of thioether (sulfide) groups is 1. The molecular formula is C15H23NO2S. The third kappa shape index (κ3) is 4.32. The zero-order valence-electron chi connectivity index (χ0n) is 11.8. The Morgan fingerprint density at radius 3 is 2.63 bits per heavy atom. The summed E-state index contributed by atoms with van der Waals surface area (Å²) in [4.78, 5) is 1.25. The SMILES string of the molecule is CCC(CC)NCCSc1ccc2c(c1)OCCO2. The molecule has 0 bridgehead atoms. The van der Waals surface area contributed by atoms with E-state index in [9.17, 15) is 0 Å². The van der Waals surface area contributed by atoms with Gasteiger partial charge >= 0.3 is 0 Å². The Morgan fingerprint density at radius 2 is 1.89 bits per heavy atom. The zero-order valence-corrected chi connectivity index (χ0v) is 12.6. The van der Waals surface area contributed by atoms with Crippen LogP contribution in [-0.2, 0) is 0 Å². The topological polar surface area (TPSA) is 30.5 Å². The molecule has 0 saturated heterocycles. The normalized spacial score (nSPS) is 13.8. The lowest BCUT2D eigenvalue weighted by molar-refractivity contribution is 0.171. The second-order valence-corrected chi connectivity index (χ2v) is 5.79. The van der Waals surface area contributed by atoms with Crippen LogP contribution in [-0.4, -0.2) is 31.6 Å². The van der Waals surface area contributed by atoms with Gasteiger partial charge in [0.1, 0.15) is 13.2 Å². The van der Waals surface area contributed by atoms with E-state index >= 15 is 0 Å². The third-order valence-electron chi connectivity index (χ3n) is 3.30. The van der Waals surface area contributed by atoms with Crippen molar-refractivity contribution in [1.82, 2.24) is 5.32 Å². The summed E-state index contributed by atoms with van der Waals surface area (Å²) < 4.78 is 11.1. The van der Waals surface area contributed by atoms with Gasteiger partial charge in [-0.05, 0) is 31.0 Å². The number of rotatable bonds is 7. The van der Waals surface area contributed by atoms with Gasteiger partial charge in [0.2, 0.25) is 0 Å². The molecule has 19 heavy (non-hydrogen) atoms. The molecule has 1 aliphatic rings. The van der Waals surface area contributed by atoms with E-state index in [2.05, 4.69) is 31.3 Å². The molecule has 106 valence electrons. The van der Waals surface area contributed by atoms with Crippen molar-refractivity contribution in [2.45, 2.75) is 37.6 Å². The van der Waals surface area contributed by atoms with Crippen LogP contribution < -0.4 is 14.8 Å². The second kappa shape index (κ2) is 7.65. The van der Waals surface area contributed by atoms with E-state index in [1.807, 2.05) is 17.8 Å². The fourth-order valence-corrected chi connectivity index (χ4v) is 2.93. The molecule has 0 spiro atoms. The molecule has 0 fully saturated rings. The molecule has 4 heteroatoms. The average molecular weight is 281 g/mol. The second-order valence-electron chi connectivity index (χ2n) is 4.62. The first-order chi connectivity index (χ1) is 9.33. The Labute approximate surface area is 120 Å². The number of nitrogens with one attached hydrogen (secondary N) is 1. The van der Waals surface area contributed by atoms with Crippen molar-refractivity contribution in [2.24, 2.45) is 0 Å². The average Bonchev–Trinajstić information content (AvgIpc) is 2.47. The van der Waals surface area contributed by atoms with E-state index in [1.54, 1.807) is 0 Å². The highest BCUT2D eigenvalue weighted by Gasteiger charge is 2.11. The minimum atomic E-state index is 0.650. The molecule has 1 aromatic carbocycles. The summed E-state index contributed by atoms with van der Waals surface area (Å²) >= 11 is 1.86. The Balaban J connectivity index is 1.77. The Bertz CT molecular complexity index is 394. The lowest BCUT2D eigenvalue weighted by atomic mass is 10.2. The maximum absolute atomic E-state index is 5.59. The predicted octanol–water partition coefficient (Wildman–Crippen LogP) is 3.33. The van der Waals surface area contributed by atoms with Gasteiger partial charge in [-0.2, -0.15) is 0 Å². The van der Waals surface area contributed by atoms with Crippen molar-refractivity contribution in [1.29, 1.82) is 0 Å². The summed E-state index contributed by atoms with van der Waals surface area (Å²) in [7, 11) is 0. The summed E-state index contributed by atoms with van der Waals surface area (Å²) in [5.41, 5.74) is 0. The van der Waals surface area contributed by atoms with Gasteiger partial charge in [0.05, 0.1) is 0 Å². The molecule has 0 aromatic heterocycles. The minimum Gasteiger partial charge on any atom is -0.486 e. The molecular weight excluding hydrogens is 258 g/mol. The van der Waals surface area contributed by atoms with E-state index in [-0.39, 0.29) is 0 Å². The fraction of sp³-hybridized carbons (Fsp3) is 0.600. The summed E-state index contributed by atoms with van der Waals surface area (Å²) in [5.74, 6) is 2.82. The molecule has 0 aliphatic carbocycles. The Morgan fingerprint density at radius 1 is 1.16 bits per heavy atom. The molecule has 3 nitrogen and oxygen atoms in total.